The molecule has 1 rings (SSSR count). The second kappa shape index (κ2) is 6.94. The van der Waals surface area contributed by atoms with Crippen LogP contribution >= 0.6 is 15.9 Å². The molecular formula is C13H22BrN3. The third-order valence-electron chi connectivity index (χ3n) is 2.98. The van der Waals surface area contributed by atoms with Crippen LogP contribution < -0.4 is 4.90 Å². The highest BCUT2D eigenvalue weighted by Gasteiger charge is 2.11. The molecular weight excluding hydrogens is 278 g/mol. The second-order valence-corrected chi connectivity index (χ2v) is 5.18. The summed E-state index contributed by atoms with van der Waals surface area (Å²) in [5.41, 5.74) is 0. The summed E-state index contributed by atoms with van der Waals surface area (Å²) in [6.45, 7) is 10.8. The van der Waals surface area contributed by atoms with Gasteiger partial charge in [0.2, 0.25) is 0 Å². The first-order chi connectivity index (χ1) is 8.10. The average molecular weight is 300 g/mol. The van der Waals surface area contributed by atoms with E-state index in [-0.39, 0.29) is 0 Å². The van der Waals surface area contributed by atoms with Gasteiger partial charge in [-0.3, -0.25) is 0 Å². The molecule has 1 unspecified atom stereocenters. The molecule has 0 aromatic carbocycles. The summed E-state index contributed by atoms with van der Waals surface area (Å²) in [5.74, 6) is 2.62. The van der Waals surface area contributed by atoms with Crippen molar-refractivity contribution in [3.63, 3.8) is 0 Å². The fraction of sp³-hybridized carbons (Fsp3) is 0.692. The molecule has 1 aromatic heterocycles. The van der Waals surface area contributed by atoms with Crippen LogP contribution in [-0.2, 0) is 6.42 Å². The molecule has 0 aliphatic heterocycles. The Balaban J connectivity index is 2.90. The fourth-order valence-electron chi connectivity index (χ4n) is 1.66. The molecule has 0 aliphatic carbocycles. The van der Waals surface area contributed by atoms with Crippen LogP contribution in [0, 0.1) is 5.92 Å². The van der Waals surface area contributed by atoms with Crippen LogP contribution in [-0.4, -0.2) is 23.1 Å². The highest BCUT2D eigenvalue weighted by molar-refractivity contribution is 9.10. The van der Waals surface area contributed by atoms with Gasteiger partial charge in [-0.1, -0.05) is 27.2 Å². The minimum atomic E-state index is 0.689. The van der Waals surface area contributed by atoms with E-state index in [1.54, 1.807) is 0 Å². The van der Waals surface area contributed by atoms with Gasteiger partial charge in [0.05, 0.1) is 0 Å². The van der Waals surface area contributed by atoms with Crippen LogP contribution in [0.4, 0.5) is 5.82 Å². The maximum Gasteiger partial charge on any atom is 0.133 e. The molecule has 1 atom stereocenters. The van der Waals surface area contributed by atoms with Gasteiger partial charge < -0.3 is 4.90 Å². The Kier molecular flexibility index (Phi) is 5.89. The molecule has 1 aromatic rings. The van der Waals surface area contributed by atoms with Crippen molar-refractivity contribution in [3.8, 4) is 0 Å². The largest absolute Gasteiger partial charge is 0.356 e. The van der Waals surface area contributed by atoms with E-state index in [1.807, 2.05) is 6.07 Å². The molecule has 17 heavy (non-hydrogen) atoms. The molecule has 0 saturated carbocycles. The van der Waals surface area contributed by atoms with Gasteiger partial charge in [0.15, 0.2) is 0 Å². The van der Waals surface area contributed by atoms with Gasteiger partial charge >= 0.3 is 0 Å². The maximum atomic E-state index is 4.60. The molecule has 0 bridgehead atoms. The third kappa shape index (κ3) is 4.26. The van der Waals surface area contributed by atoms with Crippen molar-refractivity contribution in [1.82, 2.24) is 9.97 Å². The lowest BCUT2D eigenvalue weighted by Crippen LogP contribution is -2.29. The standard InChI is InChI=1S/C13H22BrN3/c1-5-10(4)9-17(7-3)13-8-11(14)15-12(6-2)16-13/h8,10H,5-7,9H2,1-4H3. The van der Waals surface area contributed by atoms with Crippen molar-refractivity contribution < 1.29 is 0 Å². The van der Waals surface area contributed by atoms with E-state index in [4.69, 9.17) is 0 Å². The van der Waals surface area contributed by atoms with Crippen molar-refractivity contribution in [1.29, 1.82) is 0 Å². The Morgan fingerprint density at radius 1 is 1.29 bits per heavy atom. The van der Waals surface area contributed by atoms with E-state index in [2.05, 4.69) is 58.5 Å². The third-order valence-corrected chi connectivity index (χ3v) is 3.38. The van der Waals surface area contributed by atoms with Crippen molar-refractivity contribution in [2.24, 2.45) is 5.92 Å². The lowest BCUT2D eigenvalue weighted by Gasteiger charge is -2.25. The zero-order valence-corrected chi connectivity index (χ0v) is 12.8. The summed E-state index contributed by atoms with van der Waals surface area (Å²) in [5, 5.41) is 0. The number of aryl methyl sites for hydroxylation is 1. The highest BCUT2D eigenvalue weighted by Crippen LogP contribution is 2.18. The minimum absolute atomic E-state index is 0.689. The molecule has 0 fully saturated rings. The normalized spacial score (nSPS) is 12.5. The Labute approximate surface area is 113 Å². The van der Waals surface area contributed by atoms with Gasteiger partial charge in [-0.2, -0.15) is 0 Å². The Morgan fingerprint density at radius 3 is 2.53 bits per heavy atom. The van der Waals surface area contributed by atoms with Crippen molar-refractivity contribution in [3.05, 3.63) is 16.5 Å². The van der Waals surface area contributed by atoms with Crippen LogP contribution in [0.25, 0.3) is 0 Å². The van der Waals surface area contributed by atoms with Crippen LogP contribution in [0.3, 0.4) is 0 Å². The second-order valence-electron chi connectivity index (χ2n) is 4.37. The number of rotatable bonds is 6. The summed E-state index contributed by atoms with van der Waals surface area (Å²) < 4.78 is 0.877. The monoisotopic (exact) mass is 299 g/mol. The smallest absolute Gasteiger partial charge is 0.133 e. The first-order valence-electron chi connectivity index (χ1n) is 6.39. The number of hydrogen-bond acceptors (Lipinski definition) is 3. The average Bonchev–Trinajstić information content (AvgIpc) is 2.34. The maximum absolute atomic E-state index is 4.60. The van der Waals surface area contributed by atoms with E-state index in [0.29, 0.717) is 5.92 Å². The molecule has 0 saturated heterocycles. The van der Waals surface area contributed by atoms with Crippen molar-refractivity contribution in [2.75, 3.05) is 18.0 Å². The number of halogens is 1. The lowest BCUT2D eigenvalue weighted by molar-refractivity contribution is 0.544. The van der Waals surface area contributed by atoms with Gasteiger partial charge in [-0.25, -0.2) is 9.97 Å². The van der Waals surface area contributed by atoms with Crippen molar-refractivity contribution in [2.45, 2.75) is 40.5 Å². The van der Waals surface area contributed by atoms with E-state index >= 15 is 0 Å². The first kappa shape index (κ1) is 14.4. The van der Waals surface area contributed by atoms with Gasteiger partial charge in [0.25, 0.3) is 0 Å². The first-order valence-corrected chi connectivity index (χ1v) is 7.18. The molecule has 1 heterocycles. The summed E-state index contributed by atoms with van der Waals surface area (Å²) in [6, 6.07) is 2.00. The number of aromatic nitrogens is 2. The molecule has 4 heteroatoms. The predicted molar refractivity (Wildman–Crippen MR) is 76.5 cm³/mol. The van der Waals surface area contributed by atoms with Gasteiger partial charge in [-0.05, 0) is 28.8 Å². The van der Waals surface area contributed by atoms with Crippen molar-refractivity contribution >= 4 is 21.7 Å². The van der Waals surface area contributed by atoms with Gasteiger partial charge in [0, 0.05) is 25.6 Å². The number of hydrogen-bond donors (Lipinski definition) is 0. The Hall–Kier alpha value is -0.640. The quantitative estimate of drug-likeness (QED) is 0.751. The van der Waals surface area contributed by atoms with Crippen LogP contribution in [0.15, 0.2) is 10.7 Å². The molecule has 3 nitrogen and oxygen atoms in total. The molecule has 0 aliphatic rings. The number of anilines is 1. The summed E-state index contributed by atoms with van der Waals surface area (Å²) in [7, 11) is 0. The van der Waals surface area contributed by atoms with Gasteiger partial charge in [0.1, 0.15) is 16.2 Å². The number of nitrogens with zero attached hydrogens (tertiary/aromatic N) is 3. The van der Waals surface area contributed by atoms with Crippen LogP contribution in [0.1, 0.15) is 39.9 Å². The topological polar surface area (TPSA) is 29.0 Å². The molecule has 0 N–H and O–H groups in total. The SMILES string of the molecule is CCc1nc(Br)cc(N(CC)CC(C)CC)n1. The molecule has 96 valence electrons. The van der Waals surface area contributed by atoms with Crippen LogP contribution in [0.2, 0.25) is 0 Å². The lowest BCUT2D eigenvalue weighted by atomic mass is 10.1. The van der Waals surface area contributed by atoms with E-state index in [1.165, 1.54) is 6.42 Å². The van der Waals surface area contributed by atoms with E-state index in [9.17, 15) is 0 Å². The zero-order valence-electron chi connectivity index (χ0n) is 11.2. The fourth-order valence-corrected chi connectivity index (χ4v) is 2.07. The molecule has 0 amide bonds. The Bertz CT molecular complexity index is 355. The summed E-state index contributed by atoms with van der Waals surface area (Å²) in [6.07, 6.45) is 2.07. The minimum Gasteiger partial charge on any atom is -0.356 e. The predicted octanol–water partition coefficient (Wildman–Crippen LogP) is 3.67. The summed E-state index contributed by atoms with van der Waals surface area (Å²) >= 11 is 3.46. The zero-order chi connectivity index (χ0) is 12.8. The van der Waals surface area contributed by atoms with Crippen LogP contribution in [0.5, 0.6) is 0 Å². The molecule has 0 spiro atoms. The summed E-state index contributed by atoms with van der Waals surface area (Å²) in [4.78, 5) is 11.3. The molecule has 0 radical (unpaired) electrons. The highest BCUT2D eigenvalue weighted by atomic mass is 79.9. The van der Waals surface area contributed by atoms with E-state index < -0.39 is 0 Å². The van der Waals surface area contributed by atoms with E-state index in [0.717, 1.165) is 35.8 Å². The van der Waals surface area contributed by atoms with Gasteiger partial charge in [-0.15, -0.1) is 0 Å². The Morgan fingerprint density at radius 2 is 2.00 bits per heavy atom.